The molecule has 0 spiro atoms. The van der Waals surface area contributed by atoms with Crippen LogP contribution in [0.15, 0.2) is 85.1 Å². The van der Waals surface area contributed by atoms with E-state index in [-0.39, 0.29) is 26.1 Å². The fraction of sp³-hybridized carbons (Fsp3) is 0.680. The van der Waals surface area contributed by atoms with Crippen molar-refractivity contribution in [3.63, 3.8) is 0 Å². The van der Waals surface area contributed by atoms with Gasteiger partial charge in [-0.3, -0.25) is 18.6 Å². The van der Waals surface area contributed by atoms with Gasteiger partial charge in [0, 0.05) is 12.8 Å². The molecule has 0 aliphatic heterocycles. The average molecular weight is 861 g/mol. The molecule has 0 aromatic carbocycles. The van der Waals surface area contributed by atoms with E-state index in [9.17, 15) is 19.0 Å². The zero-order chi connectivity index (χ0) is 44.3. The van der Waals surface area contributed by atoms with Crippen molar-refractivity contribution in [2.45, 2.75) is 174 Å². The average Bonchev–Trinajstić information content (AvgIpc) is 3.20. The Labute approximate surface area is 367 Å². The second-order valence-corrected chi connectivity index (χ2v) is 17.9. The number of carbonyl (C=O) groups is 2. The molecule has 1 unspecified atom stereocenters. The molecule has 2 atom stereocenters. The van der Waals surface area contributed by atoms with Gasteiger partial charge in [0.15, 0.2) is 6.10 Å². The number of ether oxygens (including phenoxy) is 2. The Hall–Kier alpha value is -2.81. The van der Waals surface area contributed by atoms with Crippen LogP contribution >= 0.6 is 7.82 Å². The van der Waals surface area contributed by atoms with Gasteiger partial charge in [-0.25, -0.2) is 4.57 Å². The monoisotopic (exact) mass is 861 g/mol. The van der Waals surface area contributed by atoms with Crippen molar-refractivity contribution < 1.29 is 42.1 Å². The topological polar surface area (TPSA) is 108 Å². The summed E-state index contributed by atoms with van der Waals surface area (Å²) in [6, 6.07) is 0. The first-order valence-corrected chi connectivity index (χ1v) is 24.8. The number of phosphoric acid groups is 1. The highest BCUT2D eigenvalue weighted by molar-refractivity contribution is 7.47. The van der Waals surface area contributed by atoms with Gasteiger partial charge in [0.1, 0.15) is 19.8 Å². The van der Waals surface area contributed by atoms with Crippen LogP contribution in [0.2, 0.25) is 0 Å². The number of hydrogen-bond donors (Lipinski definition) is 1. The van der Waals surface area contributed by atoms with Crippen molar-refractivity contribution in [2.24, 2.45) is 0 Å². The summed E-state index contributed by atoms with van der Waals surface area (Å²) in [4.78, 5) is 35.4. The first kappa shape index (κ1) is 57.2. The minimum absolute atomic E-state index is 0.0176. The largest absolute Gasteiger partial charge is 0.472 e. The number of allylic oxidation sites excluding steroid dienone is 14. The number of unbranched alkanes of at least 4 members (excludes halogenated alkanes) is 13. The van der Waals surface area contributed by atoms with Crippen LogP contribution in [-0.4, -0.2) is 74.9 Å². The standard InChI is InChI=1S/C50H86NO8P/c1-6-8-10-12-14-16-18-20-22-24-25-27-29-31-33-35-37-39-41-43-50(53)59-48(47-58-60(54,55)57-45-44-51(3,4)5)46-56-49(52)42-40-38-36-34-32-30-28-26-23-21-19-17-15-13-11-9-7-2/h9,11,14-17,20-23,28,30,34,36,48H,6-8,10,12-13,18-19,24-27,29,31-33,35,37-47H2,1-5H3/p+1/b11-9+,16-14+,17-15+,22-20+,23-21+,30-28+,36-34+/t48-/m1/s1. The Morgan fingerprint density at radius 2 is 0.967 bits per heavy atom. The Kier molecular flexibility index (Phi) is 39.6. The summed E-state index contributed by atoms with van der Waals surface area (Å²) in [6.45, 7) is 4.20. The first-order valence-electron chi connectivity index (χ1n) is 23.3. The number of carbonyl (C=O) groups excluding carboxylic acids is 2. The molecule has 0 aromatic rings. The van der Waals surface area contributed by atoms with E-state index in [4.69, 9.17) is 18.5 Å². The normalized spacial score (nSPS) is 14.3. The molecule has 0 aliphatic rings. The third-order valence-electron chi connectivity index (χ3n) is 9.41. The number of nitrogens with zero attached hydrogens (tertiary/aromatic N) is 1. The molecule has 60 heavy (non-hydrogen) atoms. The second-order valence-electron chi connectivity index (χ2n) is 16.4. The number of rotatable bonds is 41. The molecule has 0 rings (SSSR count). The van der Waals surface area contributed by atoms with Crippen LogP contribution in [-0.2, 0) is 32.7 Å². The van der Waals surface area contributed by atoms with Gasteiger partial charge in [-0.05, 0) is 83.5 Å². The van der Waals surface area contributed by atoms with Gasteiger partial charge in [0.2, 0.25) is 0 Å². The van der Waals surface area contributed by atoms with Gasteiger partial charge in [-0.1, -0.05) is 157 Å². The molecule has 0 saturated carbocycles. The SMILES string of the molecule is CC/C=C/C/C=C/C/C=C/C/C=C/C/C=C/CCCC(=O)OC[C@H](COP(=O)(O)OCC[N+](C)(C)C)OC(=O)CCCCCCCCCCC/C=C/C/C=C/CCCCC. The minimum Gasteiger partial charge on any atom is -0.462 e. The predicted octanol–water partition coefficient (Wildman–Crippen LogP) is 13.6. The zero-order valence-electron chi connectivity index (χ0n) is 38.7. The lowest BCUT2D eigenvalue weighted by molar-refractivity contribution is -0.870. The Balaban J connectivity index is 4.43. The summed E-state index contributed by atoms with van der Waals surface area (Å²) < 4.78 is 34.3. The van der Waals surface area contributed by atoms with Gasteiger partial charge >= 0.3 is 19.8 Å². The number of likely N-dealkylation sites (N-methyl/N-ethyl adjacent to an activating group) is 1. The zero-order valence-corrected chi connectivity index (χ0v) is 39.6. The number of phosphoric ester groups is 1. The van der Waals surface area contributed by atoms with E-state index < -0.39 is 32.5 Å². The van der Waals surface area contributed by atoms with Crippen LogP contribution in [0, 0.1) is 0 Å². The fourth-order valence-electron chi connectivity index (χ4n) is 5.78. The maximum atomic E-state index is 12.7. The van der Waals surface area contributed by atoms with Crippen molar-refractivity contribution >= 4 is 19.8 Å². The summed E-state index contributed by atoms with van der Waals surface area (Å²) in [7, 11) is 1.43. The Morgan fingerprint density at radius 1 is 0.533 bits per heavy atom. The van der Waals surface area contributed by atoms with E-state index >= 15 is 0 Å². The highest BCUT2D eigenvalue weighted by Gasteiger charge is 2.27. The number of esters is 2. The van der Waals surface area contributed by atoms with Crippen LogP contribution in [0.4, 0.5) is 0 Å². The predicted molar refractivity (Wildman–Crippen MR) is 252 cm³/mol. The molecular weight excluding hydrogens is 774 g/mol. The van der Waals surface area contributed by atoms with Gasteiger partial charge in [-0.2, -0.15) is 0 Å². The maximum absolute atomic E-state index is 12.7. The molecule has 9 nitrogen and oxygen atoms in total. The molecule has 344 valence electrons. The smallest absolute Gasteiger partial charge is 0.462 e. The minimum atomic E-state index is -4.40. The number of quaternary nitrogens is 1. The van der Waals surface area contributed by atoms with E-state index in [0.717, 1.165) is 70.6 Å². The van der Waals surface area contributed by atoms with E-state index in [1.165, 1.54) is 57.8 Å². The molecule has 0 fully saturated rings. The summed E-state index contributed by atoms with van der Waals surface area (Å²) in [5.74, 6) is -0.878. The summed E-state index contributed by atoms with van der Waals surface area (Å²) >= 11 is 0. The van der Waals surface area contributed by atoms with E-state index in [1.807, 2.05) is 21.1 Å². The van der Waals surface area contributed by atoms with E-state index in [0.29, 0.717) is 23.9 Å². The van der Waals surface area contributed by atoms with Crippen molar-refractivity contribution in [3.05, 3.63) is 85.1 Å². The Bertz CT molecular complexity index is 1290. The van der Waals surface area contributed by atoms with Crippen molar-refractivity contribution in [2.75, 3.05) is 47.5 Å². The molecular formula is C50H87NO8P+. The van der Waals surface area contributed by atoms with Crippen molar-refractivity contribution in [1.82, 2.24) is 0 Å². The molecule has 1 N–H and O–H groups in total. The lowest BCUT2D eigenvalue weighted by Gasteiger charge is -2.24. The lowest BCUT2D eigenvalue weighted by atomic mass is 10.1. The quantitative estimate of drug-likeness (QED) is 0.0213. The molecule has 0 aromatic heterocycles. The third kappa shape index (κ3) is 44.7. The van der Waals surface area contributed by atoms with Crippen LogP contribution in [0.5, 0.6) is 0 Å². The molecule has 0 bridgehead atoms. The van der Waals surface area contributed by atoms with E-state index in [2.05, 4.69) is 98.9 Å². The summed E-state index contributed by atoms with van der Waals surface area (Å²) in [6.07, 6.45) is 53.5. The fourth-order valence-corrected chi connectivity index (χ4v) is 6.53. The van der Waals surface area contributed by atoms with Crippen LogP contribution < -0.4 is 0 Å². The highest BCUT2D eigenvalue weighted by atomic mass is 31.2. The molecule has 0 radical (unpaired) electrons. The second kappa shape index (κ2) is 41.5. The van der Waals surface area contributed by atoms with E-state index in [1.54, 1.807) is 0 Å². The van der Waals surface area contributed by atoms with Gasteiger partial charge in [0.25, 0.3) is 0 Å². The molecule has 0 aliphatic carbocycles. The molecule has 0 heterocycles. The Morgan fingerprint density at radius 3 is 1.47 bits per heavy atom. The van der Waals surface area contributed by atoms with Crippen molar-refractivity contribution in [3.8, 4) is 0 Å². The van der Waals surface area contributed by atoms with Crippen molar-refractivity contribution in [1.29, 1.82) is 0 Å². The first-order chi connectivity index (χ1) is 29.0. The van der Waals surface area contributed by atoms with Crippen LogP contribution in [0.3, 0.4) is 0 Å². The van der Waals surface area contributed by atoms with Gasteiger partial charge in [-0.15, -0.1) is 0 Å². The number of hydrogen-bond acceptors (Lipinski definition) is 7. The molecule has 10 heteroatoms. The summed E-state index contributed by atoms with van der Waals surface area (Å²) in [5, 5.41) is 0. The summed E-state index contributed by atoms with van der Waals surface area (Å²) in [5.41, 5.74) is 0. The molecule has 0 amide bonds. The van der Waals surface area contributed by atoms with Gasteiger partial charge in [0.05, 0.1) is 27.7 Å². The lowest BCUT2D eigenvalue weighted by Crippen LogP contribution is -2.37. The third-order valence-corrected chi connectivity index (χ3v) is 10.4. The van der Waals surface area contributed by atoms with Gasteiger partial charge < -0.3 is 18.9 Å². The molecule has 0 saturated heterocycles. The highest BCUT2D eigenvalue weighted by Crippen LogP contribution is 2.43. The van der Waals surface area contributed by atoms with Crippen LogP contribution in [0.25, 0.3) is 0 Å². The van der Waals surface area contributed by atoms with Crippen LogP contribution in [0.1, 0.15) is 168 Å². The maximum Gasteiger partial charge on any atom is 0.472 e.